The van der Waals surface area contributed by atoms with Gasteiger partial charge in [-0.15, -0.1) is 0 Å². The molecule has 0 aliphatic rings. The van der Waals surface area contributed by atoms with Crippen LogP contribution in [0.4, 0.5) is 0 Å². The molecule has 0 N–H and O–H groups in total. The van der Waals surface area contributed by atoms with Crippen molar-refractivity contribution >= 4 is 0 Å². The lowest BCUT2D eigenvalue weighted by atomic mass is 9.95. The highest BCUT2D eigenvalue weighted by Crippen LogP contribution is 2.27. The molecular formula is C16H24N2O. The van der Waals surface area contributed by atoms with E-state index in [1.54, 1.807) is 7.11 Å². The van der Waals surface area contributed by atoms with Gasteiger partial charge in [-0.25, -0.2) is 0 Å². The largest absolute Gasteiger partial charge is 0.496 e. The van der Waals surface area contributed by atoms with E-state index in [2.05, 4.69) is 36.9 Å². The molecule has 0 heterocycles. The number of hydrogen-bond donors (Lipinski definition) is 0. The second kappa shape index (κ2) is 6.08. The maximum atomic E-state index is 9.10. The minimum absolute atomic E-state index is 0.332. The van der Waals surface area contributed by atoms with E-state index >= 15 is 0 Å². The van der Waals surface area contributed by atoms with E-state index in [9.17, 15) is 0 Å². The lowest BCUT2D eigenvalue weighted by Gasteiger charge is -2.25. The maximum Gasteiger partial charge on any atom is 0.126 e. The zero-order valence-corrected chi connectivity index (χ0v) is 12.9. The molecule has 3 heteroatoms. The molecule has 1 aromatic carbocycles. The van der Waals surface area contributed by atoms with Gasteiger partial charge in [-0.3, -0.25) is 0 Å². The van der Waals surface area contributed by atoms with Gasteiger partial charge in [0.2, 0.25) is 0 Å². The number of hydrogen-bond acceptors (Lipinski definition) is 3. The maximum absolute atomic E-state index is 9.10. The molecule has 0 aliphatic heterocycles. The van der Waals surface area contributed by atoms with E-state index in [0.29, 0.717) is 0 Å². The SMILES string of the molecule is COc1c(C)cc(C)cc1CN(C)CC(C)(C)C#N. The summed E-state index contributed by atoms with van der Waals surface area (Å²) in [6.45, 7) is 9.60. The Morgan fingerprint density at radius 2 is 1.95 bits per heavy atom. The van der Waals surface area contributed by atoms with Crippen LogP contribution in [0.3, 0.4) is 0 Å². The molecule has 1 rings (SSSR count). The number of nitriles is 1. The van der Waals surface area contributed by atoms with Gasteiger partial charge in [-0.05, 0) is 40.3 Å². The first kappa shape index (κ1) is 15.5. The van der Waals surface area contributed by atoms with Crippen molar-refractivity contribution in [2.45, 2.75) is 34.2 Å². The number of aryl methyl sites for hydroxylation is 2. The Hall–Kier alpha value is -1.53. The van der Waals surface area contributed by atoms with Crippen LogP contribution in [0.2, 0.25) is 0 Å². The molecule has 104 valence electrons. The van der Waals surface area contributed by atoms with E-state index in [4.69, 9.17) is 10.00 Å². The highest BCUT2D eigenvalue weighted by molar-refractivity contribution is 5.43. The van der Waals surface area contributed by atoms with Crippen LogP contribution in [0.5, 0.6) is 5.75 Å². The zero-order valence-electron chi connectivity index (χ0n) is 12.9. The van der Waals surface area contributed by atoms with Gasteiger partial charge < -0.3 is 9.64 Å². The molecule has 0 atom stereocenters. The van der Waals surface area contributed by atoms with Crippen molar-refractivity contribution < 1.29 is 4.74 Å². The van der Waals surface area contributed by atoms with Gasteiger partial charge >= 0.3 is 0 Å². The van der Waals surface area contributed by atoms with Gasteiger partial charge in [0, 0.05) is 18.7 Å². The summed E-state index contributed by atoms with van der Waals surface area (Å²) in [5.74, 6) is 0.951. The number of rotatable bonds is 5. The number of nitrogens with zero attached hydrogens (tertiary/aromatic N) is 2. The van der Waals surface area contributed by atoms with Gasteiger partial charge in [-0.1, -0.05) is 17.7 Å². The first-order valence-corrected chi connectivity index (χ1v) is 6.53. The smallest absolute Gasteiger partial charge is 0.126 e. The normalized spacial score (nSPS) is 11.5. The second-order valence-electron chi connectivity index (χ2n) is 5.94. The molecule has 0 aliphatic carbocycles. The molecule has 0 amide bonds. The van der Waals surface area contributed by atoms with Crippen LogP contribution in [0.15, 0.2) is 12.1 Å². The molecule has 0 saturated heterocycles. The Morgan fingerprint density at radius 3 is 2.47 bits per heavy atom. The summed E-state index contributed by atoms with van der Waals surface area (Å²) in [6.07, 6.45) is 0. The Morgan fingerprint density at radius 1 is 1.32 bits per heavy atom. The second-order valence-corrected chi connectivity index (χ2v) is 5.94. The molecule has 19 heavy (non-hydrogen) atoms. The topological polar surface area (TPSA) is 36.3 Å². The number of methoxy groups -OCH3 is 1. The molecule has 0 unspecified atom stereocenters. The molecular weight excluding hydrogens is 236 g/mol. The molecule has 3 nitrogen and oxygen atoms in total. The summed E-state index contributed by atoms with van der Waals surface area (Å²) in [5.41, 5.74) is 3.24. The van der Waals surface area contributed by atoms with Gasteiger partial charge in [0.25, 0.3) is 0 Å². The predicted molar refractivity (Wildman–Crippen MR) is 78.2 cm³/mol. The third-order valence-electron chi connectivity index (χ3n) is 3.11. The van der Waals surface area contributed by atoms with E-state index in [1.807, 2.05) is 20.9 Å². The van der Waals surface area contributed by atoms with Gasteiger partial charge in [0.1, 0.15) is 5.75 Å². The van der Waals surface area contributed by atoms with Crippen LogP contribution in [0.1, 0.15) is 30.5 Å². The quantitative estimate of drug-likeness (QED) is 0.815. The average molecular weight is 260 g/mol. The molecule has 0 fully saturated rings. The number of benzene rings is 1. The molecule has 1 aromatic rings. The van der Waals surface area contributed by atoms with E-state index in [-0.39, 0.29) is 5.41 Å². The number of ether oxygens (including phenoxy) is 1. The summed E-state index contributed by atoms with van der Waals surface area (Å²) < 4.78 is 5.50. The Bertz CT molecular complexity index is 486. The molecule has 0 radical (unpaired) electrons. The van der Waals surface area contributed by atoms with E-state index < -0.39 is 0 Å². The minimum atomic E-state index is -0.332. The monoisotopic (exact) mass is 260 g/mol. The fourth-order valence-corrected chi connectivity index (χ4v) is 2.51. The van der Waals surface area contributed by atoms with Crippen LogP contribution in [-0.2, 0) is 6.54 Å². The standard InChI is InChI=1S/C16H24N2O/c1-12-7-13(2)15(19-6)14(8-12)9-18(5)11-16(3,4)10-17/h7-8H,9,11H2,1-6H3. The average Bonchev–Trinajstić information content (AvgIpc) is 2.27. The highest BCUT2D eigenvalue weighted by Gasteiger charge is 2.20. The fourth-order valence-electron chi connectivity index (χ4n) is 2.51. The van der Waals surface area contributed by atoms with Crippen molar-refractivity contribution in [1.29, 1.82) is 5.26 Å². The first-order chi connectivity index (χ1) is 8.79. The van der Waals surface area contributed by atoms with Crippen LogP contribution in [0.25, 0.3) is 0 Å². The van der Waals surface area contributed by atoms with Gasteiger partial charge in [0.05, 0.1) is 18.6 Å². The third-order valence-corrected chi connectivity index (χ3v) is 3.11. The van der Waals surface area contributed by atoms with Crippen molar-refractivity contribution in [2.75, 3.05) is 20.7 Å². The fraction of sp³-hybridized carbons (Fsp3) is 0.562. The minimum Gasteiger partial charge on any atom is -0.496 e. The lowest BCUT2D eigenvalue weighted by Crippen LogP contribution is -2.30. The molecule has 0 aromatic heterocycles. The van der Waals surface area contributed by atoms with Crippen molar-refractivity contribution in [2.24, 2.45) is 5.41 Å². The third kappa shape index (κ3) is 4.25. The highest BCUT2D eigenvalue weighted by atomic mass is 16.5. The van der Waals surface area contributed by atoms with Crippen LogP contribution < -0.4 is 4.74 Å². The van der Waals surface area contributed by atoms with Crippen molar-refractivity contribution in [3.05, 3.63) is 28.8 Å². The summed E-state index contributed by atoms with van der Waals surface area (Å²) in [7, 11) is 3.75. The lowest BCUT2D eigenvalue weighted by molar-refractivity contribution is 0.245. The summed E-state index contributed by atoms with van der Waals surface area (Å²) in [4.78, 5) is 2.17. The van der Waals surface area contributed by atoms with Crippen molar-refractivity contribution in [1.82, 2.24) is 4.90 Å². The molecule has 0 spiro atoms. The van der Waals surface area contributed by atoms with E-state index in [0.717, 1.165) is 24.4 Å². The summed E-state index contributed by atoms with van der Waals surface area (Å²) in [5, 5.41) is 9.10. The van der Waals surface area contributed by atoms with Crippen LogP contribution in [-0.4, -0.2) is 25.6 Å². The van der Waals surface area contributed by atoms with Gasteiger partial charge in [-0.2, -0.15) is 5.26 Å². The predicted octanol–water partition coefficient (Wildman–Crippen LogP) is 3.29. The van der Waals surface area contributed by atoms with Crippen molar-refractivity contribution in [3.63, 3.8) is 0 Å². The van der Waals surface area contributed by atoms with Crippen molar-refractivity contribution in [3.8, 4) is 11.8 Å². The van der Waals surface area contributed by atoms with E-state index in [1.165, 1.54) is 11.1 Å². The van der Waals surface area contributed by atoms with Crippen LogP contribution in [0, 0.1) is 30.6 Å². The summed E-state index contributed by atoms with van der Waals surface area (Å²) in [6, 6.07) is 6.62. The van der Waals surface area contributed by atoms with Gasteiger partial charge in [0.15, 0.2) is 0 Å². The Labute approximate surface area is 116 Å². The zero-order chi connectivity index (χ0) is 14.6. The molecule has 0 bridgehead atoms. The Kier molecular flexibility index (Phi) is 4.97. The summed E-state index contributed by atoms with van der Waals surface area (Å²) >= 11 is 0. The Balaban J connectivity index is 2.91. The van der Waals surface area contributed by atoms with Crippen LogP contribution >= 0.6 is 0 Å². The first-order valence-electron chi connectivity index (χ1n) is 6.53. The molecule has 0 saturated carbocycles.